The molecule has 0 atom stereocenters. The van der Waals surface area contributed by atoms with Gasteiger partial charge in [-0.25, -0.2) is 13.4 Å². The Morgan fingerprint density at radius 2 is 2.04 bits per heavy atom. The van der Waals surface area contributed by atoms with Gasteiger partial charge in [-0.1, -0.05) is 17.7 Å². The van der Waals surface area contributed by atoms with Crippen LogP contribution in [0.2, 0.25) is 5.15 Å². The van der Waals surface area contributed by atoms with Crippen molar-refractivity contribution < 1.29 is 13.3 Å². The van der Waals surface area contributed by atoms with E-state index in [9.17, 15) is 18.5 Å². The topological polar surface area (TPSA) is 102 Å². The van der Waals surface area contributed by atoms with Gasteiger partial charge in [0.25, 0.3) is 5.69 Å². The van der Waals surface area contributed by atoms with E-state index in [4.69, 9.17) is 11.6 Å². The largest absolute Gasteiger partial charge is 0.385 e. The number of benzene rings is 1. The molecule has 7 nitrogen and oxygen atoms in total. The van der Waals surface area contributed by atoms with Gasteiger partial charge in [0.05, 0.1) is 4.92 Å². The molecule has 0 bridgehead atoms. The van der Waals surface area contributed by atoms with E-state index in [1.165, 1.54) is 18.2 Å². The van der Waals surface area contributed by atoms with Crippen molar-refractivity contribution >= 4 is 32.8 Å². The van der Waals surface area contributed by atoms with Gasteiger partial charge in [0, 0.05) is 30.8 Å². The first-order chi connectivity index (χ1) is 10.8. The van der Waals surface area contributed by atoms with Crippen LogP contribution >= 0.6 is 11.6 Å². The molecule has 1 aromatic heterocycles. The van der Waals surface area contributed by atoms with Crippen molar-refractivity contribution in [1.29, 1.82) is 0 Å². The van der Waals surface area contributed by atoms with Crippen LogP contribution in [0.25, 0.3) is 0 Å². The number of nitrogens with zero attached hydrogens (tertiary/aromatic N) is 2. The lowest BCUT2D eigenvalue weighted by Crippen LogP contribution is -2.08. The number of sulfone groups is 1. The fourth-order valence-corrected chi connectivity index (χ4v) is 2.95. The van der Waals surface area contributed by atoms with Gasteiger partial charge >= 0.3 is 0 Å². The van der Waals surface area contributed by atoms with E-state index in [0.29, 0.717) is 23.8 Å². The van der Waals surface area contributed by atoms with Crippen molar-refractivity contribution in [3.63, 3.8) is 0 Å². The number of pyridine rings is 1. The van der Waals surface area contributed by atoms with Crippen molar-refractivity contribution in [2.75, 3.05) is 18.1 Å². The number of nitro groups is 1. The van der Waals surface area contributed by atoms with Crippen LogP contribution in [0.4, 0.5) is 11.4 Å². The summed E-state index contributed by atoms with van der Waals surface area (Å²) >= 11 is 5.70. The third-order valence-electron chi connectivity index (χ3n) is 3.09. The second-order valence-corrected chi connectivity index (χ2v) is 7.25. The zero-order valence-corrected chi connectivity index (χ0v) is 13.8. The Kier molecular flexibility index (Phi) is 5.17. The summed E-state index contributed by atoms with van der Waals surface area (Å²) in [6, 6.07) is 7.46. The second kappa shape index (κ2) is 6.93. The zero-order valence-electron chi connectivity index (χ0n) is 12.2. The summed E-state index contributed by atoms with van der Waals surface area (Å²) in [5.41, 5.74) is 1.03. The number of hydrogen-bond donors (Lipinski definition) is 1. The van der Waals surface area contributed by atoms with Crippen molar-refractivity contribution in [2.24, 2.45) is 0 Å². The van der Waals surface area contributed by atoms with E-state index >= 15 is 0 Å². The zero-order chi connectivity index (χ0) is 17.0. The highest BCUT2D eigenvalue weighted by Gasteiger charge is 2.22. The van der Waals surface area contributed by atoms with E-state index < -0.39 is 20.4 Å². The highest BCUT2D eigenvalue weighted by Crippen LogP contribution is 2.26. The summed E-state index contributed by atoms with van der Waals surface area (Å²) in [6.45, 7) is 0.518. The maximum Gasteiger partial charge on any atom is 0.288 e. The third kappa shape index (κ3) is 4.64. The lowest BCUT2D eigenvalue weighted by Gasteiger charge is -2.08. The average molecular weight is 356 g/mol. The molecule has 1 aromatic carbocycles. The molecule has 1 heterocycles. The second-order valence-electron chi connectivity index (χ2n) is 4.88. The van der Waals surface area contributed by atoms with Crippen molar-refractivity contribution in [2.45, 2.75) is 11.3 Å². The molecule has 0 aliphatic heterocycles. The molecule has 9 heteroatoms. The first-order valence-electron chi connectivity index (χ1n) is 6.60. The lowest BCUT2D eigenvalue weighted by molar-refractivity contribution is -0.387. The molecule has 0 spiro atoms. The van der Waals surface area contributed by atoms with Crippen LogP contribution in [0.3, 0.4) is 0 Å². The Balaban J connectivity index is 2.11. The summed E-state index contributed by atoms with van der Waals surface area (Å²) in [5.74, 6) is 0. The van der Waals surface area contributed by atoms with Crippen molar-refractivity contribution in [3.8, 4) is 0 Å². The molecule has 122 valence electrons. The molecule has 0 unspecified atom stereocenters. The summed E-state index contributed by atoms with van der Waals surface area (Å²) in [4.78, 5) is 13.9. The molecule has 0 amide bonds. The van der Waals surface area contributed by atoms with Crippen LogP contribution in [0.15, 0.2) is 41.4 Å². The van der Waals surface area contributed by atoms with Gasteiger partial charge in [-0.15, -0.1) is 0 Å². The number of rotatable bonds is 6. The molecule has 0 saturated heterocycles. The first-order valence-corrected chi connectivity index (χ1v) is 8.87. The molecular formula is C14H14ClN3O4S. The first kappa shape index (κ1) is 17.2. The number of halogens is 1. The highest BCUT2D eigenvalue weighted by molar-refractivity contribution is 7.90. The van der Waals surface area contributed by atoms with Gasteiger partial charge in [0.2, 0.25) is 0 Å². The molecule has 2 aromatic rings. The van der Waals surface area contributed by atoms with E-state index in [2.05, 4.69) is 10.3 Å². The minimum atomic E-state index is -3.69. The van der Waals surface area contributed by atoms with Gasteiger partial charge in [-0.05, 0) is 30.2 Å². The van der Waals surface area contributed by atoms with Crippen molar-refractivity contribution in [1.82, 2.24) is 4.98 Å². The van der Waals surface area contributed by atoms with Crippen LogP contribution in [0.5, 0.6) is 0 Å². The highest BCUT2D eigenvalue weighted by atomic mass is 35.5. The van der Waals surface area contributed by atoms with Crippen LogP contribution in [0, 0.1) is 10.1 Å². The van der Waals surface area contributed by atoms with E-state index in [0.717, 1.165) is 11.8 Å². The average Bonchev–Trinajstić information content (AvgIpc) is 2.48. The maximum atomic E-state index is 11.7. The van der Waals surface area contributed by atoms with E-state index in [1.807, 2.05) is 6.07 Å². The summed E-state index contributed by atoms with van der Waals surface area (Å²) in [7, 11) is -3.69. The number of nitrogens with one attached hydrogen (secondary N) is 1. The van der Waals surface area contributed by atoms with Crippen LogP contribution in [0.1, 0.15) is 5.56 Å². The minimum absolute atomic E-state index is 0.305. The normalized spacial score (nSPS) is 11.2. The number of aromatic nitrogens is 1. The van der Waals surface area contributed by atoms with Crippen LogP contribution in [-0.4, -0.2) is 31.1 Å². The molecule has 2 rings (SSSR count). The molecular weight excluding hydrogens is 342 g/mol. The molecule has 0 aliphatic rings. The predicted molar refractivity (Wildman–Crippen MR) is 87.6 cm³/mol. The molecule has 1 N–H and O–H groups in total. The number of nitro benzene ring substituents is 1. The smallest absolute Gasteiger partial charge is 0.288 e. The molecule has 0 radical (unpaired) electrons. The van der Waals surface area contributed by atoms with Crippen molar-refractivity contribution in [3.05, 3.63) is 57.4 Å². The lowest BCUT2D eigenvalue weighted by atomic mass is 10.2. The van der Waals surface area contributed by atoms with Gasteiger partial charge in [0.1, 0.15) is 10.0 Å². The fourth-order valence-electron chi connectivity index (χ4n) is 1.98. The predicted octanol–water partition coefficient (Wildman–Crippen LogP) is 2.70. The van der Waals surface area contributed by atoms with Gasteiger partial charge in [0.15, 0.2) is 9.84 Å². The van der Waals surface area contributed by atoms with Crippen LogP contribution < -0.4 is 5.32 Å². The Bertz CT molecular complexity index is 822. The van der Waals surface area contributed by atoms with E-state index in [1.54, 1.807) is 12.3 Å². The summed E-state index contributed by atoms with van der Waals surface area (Å²) < 4.78 is 23.4. The Morgan fingerprint density at radius 1 is 1.30 bits per heavy atom. The van der Waals surface area contributed by atoms with E-state index in [-0.39, 0.29) is 4.90 Å². The fraction of sp³-hybridized carbons (Fsp3) is 0.214. The monoisotopic (exact) mass is 355 g/mol. The minimum Gasteiger partial charge on any atom is -0.385 e. The van der Waals surface area contributed by atoms with Gasteiger partial charge in [-0.3, -0.25) is 10.1 Å². The Labute approximate surface area is 138 Å². The van der Waals surface area contributed by atoms with Crippen LogP contribution in [-0.2, 0) is 16.3 Å². The summed E-state index contributed by atoms with van der Waals surface area (Å²) in [6.07, 6.45) is 3.25. The Morgan fingerprint density at radius 3 is 2.61 bits per heavy atom. The molecule has 0 saturated carbocycles. The Hall–Kier alpha value is -2.19. The van der Waals surface area contributed by atoms with Gasteiger partial charge < -0.3 is 5.32 Å². The quantitative estimate of drug-likeness (QED) is 0.485. The maximum absolute atomic E-state index is 11.7. The SMILES string of the molecule is CS(=O)(=O)c1cc(NCCc2ccc(Cl)nc2)ccc1[N+](=O)[O-]. The summed E-state index contributed by atoms with van der Waals surface area (Å²) in [5, 5.41) is 14.4. The molecule has 23 heavy (non-hydrogen) atoms. The third-order valence-corrected chi connectivity index (χ3v) is 4.44. The standard InChI is InChI=1S/C14H14ClN3O4S/c1-23(21,22)13-8-11(3-4-12(13)18(19)20)16-7-6-10-2-5-14(15)17-9-10/h2-5,8-9,16H,6-7H2,1H3. The number of anilines is 1. The number of hydrogen-bond acceptors (Lipinski definition) is 6. The molecule has 0 fully saturated rings. The van der Waals surface area contributed by atoms with Gasteiger partial charge in [-0.2, -0.15) is 0 Å². The molecule has 0 aliphatic carbocycles.